The van der Waals surface area contributed by atoms with Crippen LogP contribution in [0.5, 0.6) is 11.5 Å². The number of benzene rings is 2. The van der Waals surface area contributed by atoms with E-state index in [4.69, 9.17) is 0 Å². The molecule has 0 unspecified atom stereocenters. The van der Waals surface area contributed by atoms with E-state index >= 15 is 0 Å². The Labute approximate surface area is 161 Å². The molecule has 1 saturated heterocycles. The van der Waals surface area contributed by atoms with Crippen LogP contribution in [0.15, 0.2) is 48.5 Å². The van der Waals surface area contributed by atoms with E-state index in [1.165, 1.54) is 42.9 Å². The monoisotopic (exact) mass is 371 g/mol. The fourth-order valence-corrected chi connectivity index (χ4v) is 4.71. The largest absolute Gasteiger partial charge is 0.508 e. The van der Waals surface area contributed by atoms with Crippen LogP contribution in [0.3, 0.4) is 0 Å². The lowest BCUT2D eigenvalue weighted by molar-refractivity contribution is 0.472. The highest BCUT2D eigenvalue weighted by Crippen LogP contribution is 2.39. The molecule has 0 aliphatic carbocycles. The van der Waals surface area contributed by atoms with Crippen LogP contribution in [0, 0.1) is 0 Å². The van der Waals surface area contributed by atoms with E-state index < -0.39 is 0 Å². The molecule has 0 bridgehead atoms. The maximum absolute atomic E-state index is 9.65. The predicted octanol–water partition coefficient (Wildman–Crippen LogP) is 4.81. The zero-order valence-electron chi connectivity index (χ0n) is 15.5. The fourth-order valence-electron chi connectivity index (χ4n) is 3.54. The number of thioether (sulfide) groups is 1. The van der Waals surface area contributed by atoms with E-state index in [-0.39, 0.29) is 0 Å². The van der Waals surface area contributed by atoms with Crippen LogP contribution in [-0.4, -0.2) is 46.3 Å². The van der Waals surface area contributed by atoms with Crippen molar-refractivity contribution in [3.63, 3.8) is 0 Å². The van der Waals surface area contributed by atoms with Crippen LogP contribution in [-0.2, 0) is 0 Å². The van der Waals surface area contributed by atoms with Gasteiger partial charge in [-0.05, 0) is 72.4 Å². The minimum absolute atomic E-state index is 0.314. The van der Waals surface area contributed by atoms with E-state index in [0.717, 1.165) is 12.2 Å². The van der Waals surface area contributed by atoms with E-state index in [1.54, 1.807) is 24.3 Å². The van der Waals surface area contributed by atoms with Gasteiger partial charge in [0.25, 0.3) is 0 Å². The molecule has 2 aromatic rings. The summed E-state index contributed by atoms with van der Waals surface area (Å²) in [5.74, 6) is 3.70. The van der Waals surface area contributed by atoms with Gasteiger partial charge >= 0.3 is 0 Å². The Bertz CT molecular complexity index is 668. The van der Waals surface area contributed by atoms with Crippen molar-refractivity contribution < 1.29 is 10.2 Å². The van der Waals surface area contributed by atoms with Crippen LogP contribution in [0.25, 0.3) is 0 Å². The highest BCUT2D eigenvalue weighted by molar-refractivity contribution is 7.99. The molecule has 0 radical (unpaired) electrons. The second-order valence-electron chi connectivity index (χ2n) is 7.07. The van der Waals surface area contributed by atoms with Gasteiger partial charge in [-0.15, -0.1) is 0 Å². The lowest BCUT2D eigenvalue weighted by atomic mass is 9.81. The maximum Gasteiger partial charge on any atom is 0.115 e. The summed E-state index contributed by atoms with van der Waals surface area (Å²) in [5.41, 5.74) is 2.55. The van der Waals surface area contributed by atoms with E-state index in [2.05, 4.69) is 24.0 Å². The molecule has 1 aliphatic rings. The summed E-state index contributed by atoms with van der Waals surface area (Å²) in [4.78, 5) is 2.48. The molecular weight excluding hydrogens is 342 g/mol. The quantitative estimate of drug-likeness (QED) is 0.464. The number of nitrogens with zero attached hydrogens (tertiary/aromatic N) is 1. The number of phenolic OH excluding ortho intramolecular Hbond substituents is 2. The van der Waals surface area contributed by atoms with Gasteiger partial charge in [-0.3, -0.25) is 0 Å². The first-order chi connectivity index (χ1) is 12.7. The van der Waals surface area contributed by atoms with Crippen molar-refractivity contribution in [1.82, 2.24) is 4.90 Å². The Kier molecular flexibility index (Phi) is 6.86. The normalized spacial score (nSPS) is 16.3. The molecule has 1 heterocycles. The molecule has 1 fully saturated rings. The van der Waals surface area contributed by atoms with Gasteiger partial charge in [-0.25, -0.2) is 0 Å². The van der Waals surface area contributed by atoms with Gasteiger partial charge in [0.1, 0.15) is 11.5 Å². The van der Waals surface area contributed by atoms with Crippen LogP contribution < -0.4 is 0 Å². The van der Waals surface area contributed by atoms with E-state index in [1.807, 2.05) is 23.9 Å². The van der Waals surface area contributed by atoms with Crippen LogP contribution in [0.2, 0.25) is 0 Å². The van der Waals surface area contributed by atoms with Crippen LogP contribution in [0.1, 0.15) is 42.7 Å². The smallest absolute Gasteiger partial charge is 0.115 e. The summed E-state index contributed by atoms with van der Waals surface area (Å²) in [6, 6.07) is 15.3. The number of rotatable bonds is 10. The summed E-state index contributed by atoms with van der Waals surface area (Å²) >= 11 is 2.03. The Morgan fingerprint density at radius 2 is 1.42 bits per heavy atom. The zero-order chi connectivity index (χ0) is 18.4. The summed E-state index contributed by atoms with van der Waals surface area (Å²) in [7, 11) is 0. The van der Waals surface area contributed by atoms with Gasteiger partial charge < -0.3 is 15.1 Å². The molecule has 0 aromatic heterocycles. The first-order valence-electron chi connectivity index (χ1n) is 9.55. The molecule has 2 aromatic carbocycles. The first kappa shape index (κ1) is 19.1. The van der Waals surface area contributed by atoms with Gasteiger partial charge in [0, 0.05) is 18.8 Å². The van der Waals surface area contributed by atoms with Crippen molar-refractivity contribution in [1.29, 1.82) is 0 Å². The Balaban J connectivity index is 1.71. The summed E-state index contributed by atoms with van der Waals surface area (Å²) in [6.07, 6.45) is 2.30. The lowest BCUT2D eigenvalue weighted by Gasteiger charge is -2.27. The zero-order valence-corrected chi connectivity index (χ0v) is 16.3. The fraction of sp³-hybridized carbons (Fsp3) is 0.455. The van der Waals surface area contributed by atoms with Gasteiger partial charge in [0.15, 0.2) is 0 Å². The lowest BCUT2D eigenvalue weighted by Crippen LogP contribution is -2.14. The van der Waals surface area contributed by atoms with Gasteiger partial charge in [-0.2, -0.15) is 11.8 Å². The van der Waals surface area contributed by atoms with Crippen molar-refractivity contribution in [2.75, 3.05) is 31.1 Å². The summed E-state index contributed by atoms with van der Waals surface area (Å²) in [6.45, 7) is 6.02. The van der Waals surface area contributed by atoms with Crippen molar-refractivity contribution in [3.8, 4) is 11.5 Å². The molecule has 0 amide bonds. The Morgan fingerprint density at radius 3 is 1.92 bits per heavy atom. The number of hydrogen-bond acceptors (Lipinski definition) is 4. The second-order valence-corrected chi connectivity index (χ2v) is 8.22. The van der Waals surface area contributed by atoms with Crippen LogP contribution >= 0.6 is 11.8 Å². The van der Waals surface area contributed by atoms with Crippen molar-refractivity contribution in [2.24, 2.45) is 0 Å². The topological polar surface area (TPSA) is 43.5 Å². The van der Waals surface area contributed by atoms with Crippen molar-refractivity contribution in [2.45, 2.75) is 31.6 Å². The highest BCUT2D eigenvalue weighted by Gasteiger charge is 2.24. The summed E-state index contributed by atoms with van der Waals surface area (Å²) in [5, 5.41) is 19.3. The third-order valence-electron chi connectivity index (χ3n) is 5.17. The molecule has 26 heavy (non-hydrogen) atoms. The Morgan fingerprint density at radius 1 is 0.885 bits per heavy atom. The van der Waals surface area contributed by atoms with Crippen molar-refractivity contribution in [3.05, 3.63) is 59.7 Å². The van der Waals surface area contributed by atoms with Gasteiger partial charge in [0.2, 0.25) is 0 Å². The average molecular weight is 372 g/mol. The molecular formula is C22H29NO2S. The number of hydrogen-bond donors (Lipinski definition) is 2. The standard InChI is InChI=1S/C22H29NO2S/c1-2-21(17-4-8-19(24)9-5-17)22(18-6-10-20(25)11-7-18)16-26-15-3-12-23-13-14-23/h4-11,21-22,24-25H,2-3,12-16H2,1H3/t21-,22+/m1/s1. The molecule has 3 nitrogen and oxygen atoms in total. The Hall–Kier alpha value is -1.65. The molecule has 140 valence electrons. The highest BCUT2D eigenvalue weighted by atomic mass is 32.2. The molecule has 1 aliphatic heterocycles. The van der Waals surface area contributed by atoms with E-state index in [0.29, 0.717) is 23.3 Å². The molecule has 3 rings (SSSR count). The molecule has 0 spiro atoms. The van der Waals surface area contributed by atoms with Gasteiger partial charge in [-0.1, -0.05) is 31.2 Å². The number of aromatic hydroxyl groups is 2. The minimum atomic E-state index is 0.314. The molecule has 2 N–H and O–H groups in total. The van der Waals surface area contributed by atoms with Crippen LogP contribution in [0.4, 0.5) is 0 Å². The molecule has 0 saturated carbocycles. The maximum atomic E-state index is 9.65. The third-order valence-corrected chi connectivity index (χ3v) is 6.34. The molecule has 2 atom stereocenters. The van der Waals surface area contributed by atoms with E-state index in [9.17, 15) is 10.2 Å². The first-order valence-corrected chi connectivity index (χ1v) is 10.7. The van der Waals surface area contributed by atoms with Crippen molar-refractivity contribution >= 4 is 11.8 Å². The predicted molar refractivity (Wildman–Crippen MR) is 110 cm³/mol. The summed E-state index contributed by atoms with van der Waals surface area (Å²) < 4.78 is 0. The number of phenols is 2. The third kappa shape index (κ3) is 5.42. The van der Waals surface area contributed by atoms with Gasteiger partial charge in [0.05, 0.1) is 0 Å². The molecule has 4 heteroatoms. The second kappa shape index (κ2) is 9.33. The minimum Gasteiger partial charge on any atom is -0.508 e. The average Bonchev–Trinajstić information content (AvgIpc) is 3.47. The SMILES string of the molecule is CC[C@H](c1ccc(O)cc1)[C@@H](CSCCCN1CC1)c1ccc(O)cc1.